The molecule has 0 aromatic heterocycles. The smallest absolute Gasteiger partial charge is 0.317 e. The Labute approximate surface area is 115 Å². The van der Waals surface area contributed by atoms with Gasteiger partial charge in [0.25, 0.3) is 0 Å². The Morgan fingerprint density at radius 1 is 1.42 bits per heavy atom. The summed E-state index contributed by atoms with van der Waals surface area (Å²) in [5.74, 6) is -0.263. The number of rotatable bonds is 5. The van der Waals surface area contributed by atoms with Crippen molar-refractivity contribution < 1.29 is 14.7 Å². The molecule has 1 heterocycles. The predicted octanol–water partition coefficient (Wildman–Crippen LogP) is 2.32. The van der Waals surface area contributed by atoms with Gasteiger partial charge in [0.15, 0.2) is 0 Å². The molecule has 1 fully saturated rings. The van der Waals surface area contributed by atoms with Crippen LogP contribution in [0.5, 0.6) is 0 Å². The average molecular weight is 270 g/mol. The molecule has 2 N–H and O–H groups in total. The van der Waals surface area contributed by atoms with E-state index in [0.29, 0.717) is 12.5 Å². The standard InChI is InChI=1S/C14H26N2O3/c1-4-12(8-13(17)18)9-15-14(19)16-7-5-6-10(2)11(16)3/h10-12H,4-9H2,1-3H3,(H,15,19)(H,17,18). The molecule has 3 atom stereocenters. The summed E-state index contributed by atoms with van der Waals surface area (Å²) in [5, 5.41) is 11.7. The quantitative estimate of drug-likeness (QED) is 0.805. The molecule has 0 bridgehead atoms. The lowest BCUT2D eigenvalue weighted by molar-refractivity contribution is -0.138. The SMILES string of the molecule is CCC(CNC(=O)N1CCCC(C)C1C)CC(=O)O. The van der Waals surface area contributed by atoms with Crippen molar-refractivity contribution in [1.29, 1.82) is 0 Å². The van der Waals surface area contributed by atoms with Crippen molar-refractivity contribution in [3.8, 4) is 0 Å². The van der Waals surface area contributed by atoms with Gasteiger partial charge in [0.05, 0.1) is 0 Å². The molecule has 0 saturated carbocycles. The van der Waals surface area contributed by atoms with Gasteiger partial charge in [-0.2, -0.15) is 0 Å². The highest BCUT2D eigenvalue weighted by Gasteiger charge is 2.28. The first-order valence-electron chi connectivity index (χ1n) is 7.22. The number of carbonyl (C=O) groups excluding carboxylic acids is 1. The Kier molecular flexibility index (Phi) is 6.12. The predicted molar refractivity (Wildman–Crippen MR) is 74.0 cm³/mol. The molecule has 3 unspecified atom stereocenters. The summed E-state index contributed by atoms with van der Waals surface area (Å²) in [6, 6.07) is 0.205. The lowest BCUT2D eigenvalue weighted by atomic mass is 9.92. The fraction of sp³-hybridized carbons (Fsp3) is 0.857. The van der Waals surface area contributed by atoms with Crippen LogP contribution in [0.4, 0.5) is 4.79 Å². The number of carboxylic acids is 1. The van der Waals surface area contributed by atoms with Gasteiger partial charge < -0.3 is 15.3 Å². The molecule has 1 saturated heterocycles. The highest BCUT2D eigenvalue weighted by molar-refractivity contribution is 5.74. The number of carbonyl (C=O) groups is 2. The summed E-state index contributed by atoms with van der Waals surface area (Å²) in [4.78, 5) is 24.7. The van der Waals surface area contributed by atoms with Crippen LogP contribution in [0, 0.1) is 11.8 Å². The molecule has 0 aliphatic carbocycles. The second-order valence-electron chi connectivity index (χ2n) is 5.61. The summed E-state index contributed by atoms with van der Waals surface area (Å²) in [7, 11) is 0. The molecule has 1 rings (SSSR count). The molecule has 0 radical (unpaired) electrons. The summed E-state index contributed by atoms with van der Waals surface area (Å²) in [6.07, 6.45) is 3.09. The molecule has 5 nitrogen and oxygen atoms in total. The molecule has 110 valence electrons. The van der Waals surface area contributed by atoms with Gasteiger partial charge in [-0.3, -0.25) is 4.79 Å². The molecule has 0 aromatic rings. The van der Waals surface area contributed by atoms with E-state index < -0.39 is 5.97 Å². The normalized spacial score (nSPS) is 24.9. The van der Waals surface area contributed by atoms with Crippen molar-refractivity contribution in [3.05, 3.63) is 0 Å². The summed E-state index contributed by atoms with van der Waals surface area (Å²) < 4.78 is 0. The van der Waals surface area contributed by atoms with E-state index in [4.69, 9.17) is 5.11 Å². The van der Waals surface area contributed by atoms with E-state index >= 15 is 0 Å². The largest absolute Gasteiger partial charge is 0.481 e. The molecule has 1 aliphatic heterocycles. The van der Waals surface area contributed by atoms with E-state index in [1.807, 2.05) is 11.8 Å². The fourth-order valence-corrected chi connectivity index (χ4v) is 2.56. The van der Waals surface area contributed by atoms with Crippen molar-refractivity contribution >= 4 is 12.0 Å². The van der Waals surface area contributed by atoms with Gasteiger partial charge in [-0.1, -0.05) is 20.3 Å². The highest BCUT2D eigenvalue weighted by Crippen LogP contribution is 2.22. The Morgan fingerprint density at radius 3 is 2.68 bits per heavy atom. The molecular weight excluding hydrogens is 244 g/mol. The van der Waals surface area contributed by atoms with Gasteiger partial charge in [-0.05, 0) is 31.6 Å². The Bertz CT molecular complexity index is 320. The Balaban J connectivity index is 2.43. The number of aliphatic carboxylic acids is 1. The topological polar surface area (TPSA) is 69.6 Å². The summed E-state index contributed by atoms with van der Waals surface area (Å²) in [6.45, 7) is 7.44. The second kappa shape index (κ2) is 7.36. The van der Waals surface area contributed by atoms with Crippen LogP contribution in [0.2, 0.25) is 0 Å². The summed E-state index contributed by atoms with van der Waals surface area (Å²) in [5.41, 5.74) is 0. The first-order chi connectivity index (χ1) is 8.95. The zero-order chi connectivity index (χ0) is 14.4. The third-order valence-electron chi connectivity index (χ3n) is 4.22. The third-order valence-corrected chi connectivity index (χ3v) is 4.22. The van der Waals surface area contributed by atoms with Crippen LogP contribution < -0.4 is 5.32 Å². The molecule has 19 heavy (non-hydrogen) atoms. The number of carboxylic acid groups (broad SMARTS) is 1. The Morgan fingerprint density at radius 2 is 2.11 bits per heavy atom. The fourth-order valence-electron chi connectivity index (χ4n) is 2.56. The highest BCUT2D eigenvalue weighted by atomic mass is 16.4. The maximum Gasteiger partial charge on any atom is 0.317 e. The van der Waals surface area contributed by atoms with Gasteiger partial charge >= 0.3 is 12.0 Å². The number of hydrogen-bond donors (Lipinski definition) is 2. The molecule has 0 aromatic carbocycles. The van der Waals surface area contributed by atoms with Gasteiger partial charge in [-0.15, -0.1) is 0 Å². The van der Waals surface area contributed by atoms with Crippen LogP contribution in [0.15, 0.2) is 0 Å². The minimum absolute atomic E-state index is 0.0129. The van der Waals surface area contributed by atoms with Gasteiger partial charge in [0.1, 0.15) is 0 Å². The first-order valence-corrected chi connectivity index (χ1v) is 7.22. The number of nitrogens with one attached hydrogen (secondary N) is 1. The maximum atomic E-state index is 12.1. The van der Waals surface area contributed by atoms with Crippen molar-refractivity contribution in [2.24, 2.45) is 11.8 Å². The van der Waals surface area contributed by atoms with Crippen LogP contribution in [0.3, 0.4) is 0 Å². The number of piperidine rings is 1. The first kappa shape index (κ1) is 15.8. The summed E-state index contributed by atoms with van der Waals surface area (Å²) >= 11 is 0. The van der Waals surface area contributed by atoms with Crippen molar-refractivity contribution in [3.63, 3.8) is 0 Å². The molecule has 1 aliphatic rings. The van der Waals surface area contributed by atoms with E-state index in [-0.39, 0.29) is 24.4 Å². The number of likely N-dealkylation sites (tertiary alicyclic amines) is 1. The lowest BCUT2D eigenvalue weighted by Crippen LogP contribution is -2.51. The molecular formula is C14H26N2O3. The second-order valence-corrected chi connectivity index (χ2v) is 5.61. The van der Waals surface area contributed by atoms with Gasteiger partial charge in [-0.25, -0.2) is 4.79 Å². The van der Waals surface area contributed by atoms with E-state index in [2.05, 4.69) is 19.2 Å². The number of amides is 2. The van der Waals surface area contributed by atoms with Crippen LogP contribution in [-0.4, -0.2) is 41.1 Å². The van der Waals surface area contributed by atoms with E-state index in [0.717, 1.165) is 19.4 Å². The van der Waals surface area contributed by atoms with Gasteiger partial charge in [0.2, 0.25) is 0 Å². The minimum Gasteiger partial charge on any atom is -0.481 e. The van der Waals surface area contributed by atoms with E-state index in [9.17, 15) is 9.59 Å². The zero-order valence-corrected chi connectivity index (χ0v) is 12.2. The number of hydrogen-bond acceptors (Lipinski definition) is 2. The van der Waals surface area contributed by atoms with Crippen molar-refractivity contribution in [2.45, 2.75) is 52.5 Å². The van der Waals surface area contributed by atoms with Gasteiger partial charge in [0, 0.05) is 25.6 Å². The minimum atomic E-state index is -0.805. The molecule has 0 spiro atoms. The number of urea groups is 1. The average Bonchev–Trinajstić information content (AvgIpc) is 2.37. The monoisotopic (exact) mass is 270 g/mol. The third kappa shape index (κ3) is 4.73. The Hall–Kier alpha value is -1.26. The van der Waals surface area contributed by atoms with Crippen molar-refractivity contribution in [1.82, 2.24) is 10.2 Å². The molecule has 5 heteroatoms. The maximum absolute atomic E-state index is 12.1. The zero-order valence-electron chi connectivity index (χ0n) is 12.2. The van der Waals surface area contributed by atoms with Crippen LogP contribution in [0.25, 0.3) is 0 Å². The van der Waals surface area contributed by atoms with Crippen molar-refractivity contribution in [2.75, 3.05) is 13.1 Å². The van der Waals surface area contributed by atoms with Crippen LogP contribution in [-0.2, 0) is 4.79 Å². The lowest BCUT2D eigenvalue weighted by Gasteiger charge is -2.38. The van der Waals surface area contributed by atoms with E-state index in [1.165, 1.54) is 6.42 Å². The van der Waals surface area contributed by atoms with Crippen LogP contribution in [0.1, 0.15) is 46.5 Å². The number of nitrogens with zero attached hydrogens (tertiary/aromatic N) is 1. The molecule has 2 amide bonds. The van der Waals surface area contributed by atoms with Crippen LogP contribution >= 0.6 is 0 Å². The van der Waals surface area contributed by atoms with E-state index in [1.54, 1.807) is 0 Å².